The van der Waals surface area contributed by atoms with E-state index >= 15 is 0 Å². The third-order valence-corrected chi connectivity index (χ3v) is 12.3. The number of ether oxygens (including phenoxy) is 3. The molecule has 230 valence electrons. The Balaban J connectivity index is 1.34. The number of hydrogen-bond donors (Lipinski definition) is 3. The Bertz CT molecular complexity index is 1220. The summed E-state index contributed by atoms with van der Waals surface area (Å²) in [5.74, 6) is 0.204. The summed E-state index contributed by atoms with van der Waals surface area (Å²) < 4.78 is 20.0. The molecule has 9 heteroatoms. The molecule has 1 aromatic rings. The van der Waals surface area contributed by atoms with E-state index in [9.17, 15) is 15.0 Å². The molecule has 3 aliphatic carbocycles. The van der Waals surface area contributed by atoms with E-state index in [2.05, 4.69) is 38.0 Å². The predicted molar refractivity (Wildman–Crippen MR) is 157 cm³/mol. The third-order valence-electron chi connectivity index (χ3n) is 12.3. The number of nitrogens with one attached hydrogen (secondary N) is 1. The molecule has 1 amide bonds. The van der Waals surface area contributed by atoms with Gasteiger partial charge in [0.25, 0.3) is 0 Å². The van der Waals surface area contributed by atoms with Crippen LogP contribution >= 0.6 is 0 Å². The summed E-state index contributed by atoms with van der Waals surface area (Å²) in [5.41, 5.74) is -0.109. The molecule has 6 fully saturated rings. The number of hydrazone groups is 1. The number of morpholine rings is 1. The van der Waals surface area contributed by atoms with Crippen molar-refractivity contribution in [1.29, 1.82) is 0 Å². The number of aliphatic hydroxyl groups is 2. The summed E-state index contributed by atoms with van der Waals surface area (Å²) in [4.78, 5) is 12.8. The average molecular weight is 582 g/mol. The highest BCUT2D eigenvalue weighted by molar-refractivity contribution is 5.95. The van der Waals surface area contributed by atoms with Gasteiger partial charge in [0.05, 0.1) is 55.7 Å². The van der Waals surface area contributed by atoms with E-state index in [0.29, 0.717) is 32.0 Å². The van der Waals surface area contributed by atoms with Crippen LogP contribution in [0.25, 0.3) is 0 Å². The molecule has 3 saturated heterocycles. The first kappa shape index (κ1) is 28.6. The van der Waals surface area contributed by atoms with Gasteiger partial charge in [-0.1, -0.05) is 45.9 Å². The number of para-hydroxylation sites is 1. The molecule has 3 aliphatic heterocycles. The number of rotatable bonds is 3. The first-order chi connectivity index (χ1) is 20.0. The normalized spacial score (nSPS) is 47.1. The molecule has 11 unspecified atom stereocenters. The number of benzene rings is 1. The largest absolute Gasteiger partial charge is 0.484 e. The Morgan fingerprint density at radius 1 is 1.07 bits per heavy atom. The fourth-order valence-electron chi connectivity index (χ4n) is 9.97. The molecule has 0 aromatic heterocycles. The summed E-state index contributed by atoms with van der Waals surface area (Å²) >= 11 is 0. The first-order valence-electron chi connectivity index (χ1n) is 16.0. The Labute approximate surface area is 249 Å². The highest BCUT2D eigenvalue weighted by Gasteiger charge is 2.72. The average Bonchev–Trinajstić information content (AvgIpc) is 3.24. The Morgan fingerprint density at radius 3 is 2.55 bits per heavy atom. The molecular formula is C33H47N3O6. The second kappa shape index (κ2) is 10.2. The molecule has 7 rings (SSSR count). The van der Waals surface area contributed by atoms with E-state index < -0.39 is 30.0 Å². The Kier molecular flexibility index (Phi) is 6.92. The SMILES string of the molecule is CC1CCC2C(C)(C)C(=NN3CCOCC3)C(Oc3ccccc3)CC23OC2C(CC13C)C(O)CC1C(=O)NC(O)C12. The van der Waals surface area contributed by atoms with Crippen molar-refractivity contribution in [1.82, 2.24) is 10.3 Å². The van der Waals surface area contributed by atoms with Crippen LogP contribution in [0.5, 0.6) is 5.75 Å². The van der Waals surface area contributed by atoms with E-state index in [0.717, 1.165) is 43.8 Å². The molecule has 0 radical (unpaired) electrons. The van der Waals surface area contributed by atoms with Crippen molar-refractivity contribution in [2.75, 3.05) is 26.3 Å². The molecule has 1 aromatic carbocycles. The van der Waals surface area contributed by atoms with Gasteiger partial charge >= 0.3 is 0 Å². The van der Waals surface area contributed by atoms with Gasteiger partial charge in [-0.2, -0.15) is 5.10 Å². The molecule has 1 spiro atoms. The molecule has 42 heavy (non-hydrogen) atoms. The summed E-state index contributed by atoms with van der Waals surface area (Å²) in [7, 11) is 0. The summed E-state index contributed by atoms with van der Waals surface area (Å²) in [5, 5.41) is 32.7. The highest BCUT2D eigenvalue weighted by Crippen LogP contribution is 2.68. The van der Waals surface area contributed by atoms with Gasteiger partial charge in [0.15, 0.2) is 0 Å². The van der Waals surface area contributed by atoms with Gasteiger partial charge < -0.3 is 29.7 Å². The van der Waals surface area contributed by atoms with Crippen LogP contribution in [-0.4, -0.2) is 83.3 Å². The van der Waals surface area contributed by atoms with Gasteiger partial charge in [-0.05, 0) is 49.7 Å². The minimum atomic E-state index is -0.964. The molecule has 11 atom stereocenters. The van der Waals surface area contributed by atoms with Crippen molar-refractivity contribution in [3.8, 4) is 5.75 Å². The number of carbonyl (C=O) groups excluding carboxylic acids is 1. The van der Waals surface area contributed by atoms with Gasteiger partial charge in [-0.3, -0.25) is 9.80 Å². The van der Waals surface area contributed by atoms with Crippen molar-refractivity contribution >= 4 is 11.6 Å². The lowest BCUT2D eigenvalue weighted by Crippen LogP contribution is -2.75. The highest BCUT2D eigenvalue weighted by atomic mass is 16.5. The fraction of sp³-hybridized carbons (Fsp3) is 0.758. The number of carbonyl (C=O) groups is 1. The maximum Gasteiger partial charge on any atom is 0.225 e. The lowest BCUT2D eigenvalue weighted by Gasteiger charge is -2.70. The third kappa shape index (κ3) is 4.17. The van der Waals surface area contributed by atoms with E-state index in [1.807, 2.05) is 30.3 Å². The topological polar surface area (TPSA) is 113 Å². The second-order valence-electron chi connectivity index (χ2n) is 14.6. The standard InChI is InChI=1S/C33H47N3O6/c1-19-10-11-25-31(2,3)28(35-36-12-14-40-15-13-36)24(41-20-8-6-5-7-9-20)18-33(25)32(19,4)17-22-23(37)16-21-26(27(22)42-33)30(39)34-29(21)38/h5-9,19,21-27,30,37,39H,10-18H2,1-4H3,(H,34,38). The van der Waals surface area contributed by atoms with Crippen LogP contribution in [0.3, 0.4) is 0 Å². The summed E-state index contributed by atoms with van der Waals surface area (Å²) in [6, 6.07) is 9.97. The molecule has 3 saturated carbocycles. The number of fused-ring (bicyclic) bond motifs is 3. The van der Waals surface area contributed by atoms with E-state index in [1.54, 1.807) is 0 Å². The van der Waals surface area contributed by atoms with Crippen LogP contribution in [0.4, 0.5) is 0 Å². The van der Waals surface area contributed by atoms with Crippen molar-refractivity contribution in [3.63, 3.8) is 0 Å². The van der Waals surface area contributed by atoms with Crippen LogP contribution < -0.4 is 10.1 Å². The quantitative estimate of drug-likeness (QED) is 0.503. The zero-order chi connectivity index (χ0) is 29.4. The van der Waals surface area contributed by atoms with Crippen molar-refractivity contribution in [3.05, 3.63) is 30.3 Å². The van der Waals surface area contributed by atoms with Gasteiger partial charge in [0.1, 0.15) is 18.1 Å². The lowest BCUT2D eigenvalue weighted by atomic mass is 9.42. The van der Waals surface area contributed by atoms with E-state index in [1.165, 1.54) is 0 Å². The zero-order valence-corrected chi connectivity index (χ0v) is 25.4. The maximum absolute atomic E-state index is 12.8. The molecule has 9 nitrogen and oxygen atoms in total. The lowest BCUT2D eigenvalue weighted by molar-refractivity contribution is -0.327. The fourth-order valence-corrected chi connectivity index (χ4v) is 9.97. The van der Waals surface area contributed by atoms with Crippen LogP contribution in [0.2, 0.25) is 0 Å². The molecule has 0 bridgehead atoms. The van der Waals surface area contributed by atoms with Crippen LogP contribution in [0, 0.1) is 40.4 Å². The Morgan fingerprint density at radius 2 is 1.81 bits per heavy atom. The van der Waals surface area contributed by atoms with Gasteiger partial charge in [0, 0.05) is 29.1 Å². The van der Waals surface area contributed by atoms with Gasteiger partial charge in [-0.25, -0.2) is 0 Å². The van der Waals surface area contributed by atoms with Crippen LogP contribution in [-0.2, 0) is 14.3 Å². The number of amides is 1. The molecular weight excluding hydrogens is 534 g/mol. The van der Waals surface area contributed by atoms with Crippen molar-refractivity contribution in [2.24, 2.45) is 45.5 Å². The number of aliphatic hydroxyl groups excluding tert-OH is 2. The minimum Gasteiger partial charge on any atom is -0.484 e. The molecule has 3 heterocycles. The van der Waals surface area contributed by atoms with Crippen LogP contribution in [0.15, 0.2) is 35.4 Å². The van der Waals surface area contributed by atoms with Crippen molar-refractivity contribution in [2.45, 2.75) is 89.9 Å². The van der Waals surface area contributed by atoms with Gasteiger partial charge in [0.2, 0.25) is 5.91 Å². The smallest absolute Gasteiger partial charge is 0.225 e. The van der Waals surface area contributed by atoms with Crippen LogP contribution in [0.1, 0.15) is 59.8 Å². The second-order valence-corrected chi connectivity index (χ2v) is 14.6. The van der Waals surface area contributed by atoms with E-state index in [4.69, 9.17) is 19.3 Å². The molecule has 3 N–H and O–H groups in total. The minimum absolute atomic E-state index is 0.134. The summed E-state index contributed by atoms with van der Waals surface area (Å²) in [6.45, 7) is 12.1. The Hall–Kier alpha value is -2.20. The monoisotopic (exact) mass is 581 g/mol. The zero-order valence-electron chi connectivity index (χ0n) is 25.4. The number of nitrogens with zero attached hydrogens (tertiary/aromatic N) is 2. The van der Waals surface area contributed by atoms with Crippen molar-refractivity contribution < 1.29 is 29.2 Å². The first-order valence-corrected chi connectivity index (χ1v) is 16.0. The maximum atomic E-state index is 12.8. The van der Waals surface area contributed by atoms with E-state index in [-0.39, 0.29) is 40.6 Å². The number of hydrogen-bond acceptors (Lipinski definition) is 8. The van der Waals surface area contributed by atoms with Gasteiger partial charge in [-0.15, -0.1) is 0 Å². The molecule has 6 aliphatic rings. The predicted octanol–water partition coefficient (Wildman–Crippen LogP) is 3.19. The summed E-state index contributed by atoms with van der Waals surface area (Å²) in [6.07, 6.45) is 1.54.